The summed E-state index contributed by atoms with van der Waals surface area (Å²) >= 11 is 0. The van der Waals surface area contributed by atoms with Crippen molar-refractivity contribution in [2.24, 2.45) is 5.41 Å². The number of rotatable bonds is 12. The third-order valence-corrected chi connectivity index (χ3v) is 13.1. The molecule has 0 saturated heterocycles. The number of ether oxygens (including phenoxy) is 4. The van der Waals surface area contributed by atoms with Crippen LogP contribution in [0.5, 0.6) is 23.0 Å². The number of carbonyl (C=O) groups is 1. The van der Waals surface area contributed by atoms with Crippen LogP contribution in [0.4, 0.5) is 0 Å². The summed E-state index contributed by atoms with van der Waals surface area (Å²) in [7, 11) is 3.39. The van der Waals surface area contributed by atoms with Gasteiger partial charge in [0.05, 0.1) is 25.0 Å². The zero-order valence-electron chi connectivity index (χ0n) is 34.4. The first-order valence-corrected chi connectivity index (χ1v) is 20.3. The molecule has 8 rings (SSSR count). The predicted molar refractivity (Wildman–Crippen MR) is 233 cm³/mol. The second kappa shape index (κ2) is 14.6. The Morgan fingerprint density at radius 2 is 1.00 bits per heavy atom. The van der Waals surface area contributed by atoms with Gasteiger partial charge in [0.2, 0.25) is 0 Å². The first-order chi connectivity index (χ1) is 27.5. The molecule has 5 heteroatoms. The Morgan fingerprint density at radius 1 is 0.526 bits per heavy atom. The van der Waals surface area contributed by atoms with Crippen LogP contribution in [0.25, 0.3) is 43.4 Å². The van der Waals surface area contributed by atoms with Gasteiger partial charge in [0.1, 0.15) is 17.1 Å². The van der Waals surface area contributed by atoms with Crippen molar-refractivity contribution in [3.63, 3.8) is 0 Å². The number of methoxy groups -OCH3 is 2. The summed E-state index contributed by atoms with van der Waals surface area (Å²) in [6, 6.07) is 43.5. The van der Waals surface area contributed by atoms with Crippen LogP contribution in [0.15, 0.2) is 121 Å². The molecule has 0 saturated carbocycles. The molecule has 7 aromatic carbocycles. The van der Waals surface area contributed by atoms with Gasteiger partial charge in [-0.3, -0.25) is 4.79 Å². The van der Waals surface area contributed by atoms with Gasteiger partial charge >= 0.3 is 5.97 Å². The van der Waals surface area contributed by atoms with E-state index in [9.17, 15) is 4.79 Å². The van der Waals surface area contributed by atoms with Gasteiger partial charge in [0, 0.05) is 0 Å². The van der Waals surface area contributed by atoms with Crippen LogP contribution in [0.3, 0.4) is 0 Å². The zero-order valence-corrected chi connectivity index (χ0v) is 34.4. The molecule has 0 radical (unpaired) electrons. The Hall–Kier alpha value is -5.81. The summed E-state index contributed by atoms with van der Waals surface area (Å²) in [6.45, 7) is 12.6. The van der Waals surface area contributed by atoms with Crippen LogP contribution in [0.1, 0.15) is 89.5 Å². The Labute approximate surface area is 336 Å². The van der Waals surface area contributed by atoms with Crippen molar-refractivity contribution in [2.45, 2.75) is 78.2 Å². The Balaban J connectivity index is 1.38. The number of esters is 1. The van der Waals surface area contributed by atoms with Gasteiger partial charge in [0.15, 0.2) is 11.5 Å². The molecule has 7 aromatic rings. The second-order valence-electron chi connectivity index (χ2n) is 16.1. The Bertz CT molecular complexity index is 2670. The van der Waals surface area contributed by atoms with Crippen molar-refractivity contribution >= 4 is 38.3 Å². The smallest absolute Gasteiger partial charge is 0.317 e. The minimum atomic E-state index is -0.732. The van der Waals surface area contributed by atoms with Gasteiger partial charge in [-0.1, -0.05) is 88.4 Å². The fraction of sp³-hybridized carbons (Fsp3) is 0.288. The highest BCUT2D eigenvalue weighted by Crippen LogP contribution is 2.59. The Morgan fingerprint density at radius 3 is 1.58 bits per heavy atom. The lowest BCUT2D eigenvalue weighted by molar-refractivity contribution is -0.145. The van der Waals surface area contributed by atoms with Crippen molar-refractivity contribution in [3.8, 4) is 34.1 Å². The van der Waals surface area contributed by atoms with E-state index < -0.39 is 10.8 Å². The quantitative estimate of drug-likeness (QED) is 0.0918. The van der Waals surface area contributed by atoms with E-state index in [1.165, 1.54) is 16.3 Å². The highest BCUT2D eigenvalue weighted by Gasteiger charge is 2.47. The largest absolute Gasteiger partial charge is 0.493 e. The van der Waals surface area contributed by atoms with Crippen molar-refractivity contribution in [1.29, 1.82) is 0 Å². The normalized spacial score (nSPS) is 15.1. The molecule has 0 amide bonds. The van der Waals surface area contributed by atoms with Crippen molar-refractivity contribution in [3.05, 3.63) is 144 Å². The Kier molecular flexibility index (Phi) is 9.76. The lowest BCUT2D eigenvalue weighted by Crippen LogP contribution is -2.30. The lowest BCUT2D eigenvalue weighted by Gasteiger charge is -2.35. The molecule has 1 unspecified atom stereocenters. The summed E-state index contributed by atoms with van der Waals surface area (Å²) in [4.78, 5) is 13.2. The monoisotopic (exact) mass is 756 g/mol. The van der Waals surface area contributed by atoms with Gasteiger partial charge in [0.25, 0.3) is 0 Å². The molecule has 0 fully saturated rings. The molecular formula is C52H52O5. The maximum Gasteiger partial charge on any atom is 0.317 e. The van der Waals surface area contributed by atoms with E-state index in [-0.39, 0.29) is 11.6 Å². The van der Waals surface area contributed by atoms with Crippen molar-refractivity contribution in [2.75, 3.05) is 14.2 Å². The molecule has 0 bridgehead atoms. The third kappa shape index (κ3) is 6.28. The molecule has 290 valence electrons. The van der Waals surface area contributed by atoms with E-state index in [0.717, 1.165) is 80.8 Å². The highest BCUT2D eigenvalue weighted by molar-refractivity contribution is 5.98. The molecule has 0 N–H and O–H groups in total. The van der Waals surface area contributed by atoms with Crippen LogP contribution in [-0.2, 0) is 10.2 Å². The van der Waals surface area contributed by atoms with Crippen LogP contribution < -0.4 is 18.9 Å². The molecule has 5 nitrogen and oxygen atoms in total. The molecule has 0 aliphatic heterocycles. The molecule has 0 heterocycles. The second-order valence-corrected chi connectivity index (χ2v) is 16.1. The summed E-state index contributed by atoms with van der Waals surface area (Å²) < 4.78 is 24.5. The molecule has 0 spiro atoms. The molecule has 1 aliphatic carbocycles. The number of hydrogen-bond donors (Lipinski definition) is 0. The minimum Gasteiger partial charge on any atom is -0.493 e. The first-order valence-electron chi connectivity index (χ1n) is 20.3. The van der Waals surface area contributed by atoms with Crippen molar-refractivity contribution < 1.29 is 23.7 Å². The fourth-order valence-corrected chi connectivity index (χ4v) is 8.61. The van der Waals surface area contributed by atoms with Gasteiger partial charge in [-0.25, -0.2) is 0 Å². The van der Waals surface area contributed by atoms with Gasteiger partial charge < -0.3 is 18.9 Å². The molecule has 0 aromatic heterocycles. The summed E-state index contributed by atoms with van der Waals surface area (Å²) in [6.07, 6.45) is 3.30. The van der Waals surface area contributed by atoms with E-state index >= 15 is 0 Å². The zero-order chi connectivity index (χ0) is 40.1. The van der Waals surface area contributed by atoms with E-state index in [1.807, 2.05) is 32.9 Å². The van der Waals surface area contributed by atoms with Gasteiger partial charge in [-0.15, -0.1) is 0 Å². The minimum absolute atomic E-state index is 0.196. The molecule has 1 aliphatic rings. The molecule has 57 heavy (non-hydrogen) atoms. The summed E-state index contributed by atoms with van der Waals surface area (Å²) in [5.41, 5.74) is 5.35. The number of fused-ring (bicyclic) bond motifs is 6. The standard InChI is InChI=1S/C52H52O5/c1-9-50(5,10-2)49(53)56-41-23-19-35-25-39(21-17-37(35)27-41)52(40-22-18-38-28-42(24-20-36(38)26-40)57-51(6,11-3)12-4)45-30-34-16-14-13-15-33(34)29-43(45)44-31-47(54-7)48(55-8)32-46(44)52/h13-32H,9-12H2,1-8H3. The summed E-state index contributed by atoms with van der Waals surface area (Å²) in [5.74, 6) is 2.60. The van der Waals surface area contributed by atoms with Gasteiger partial charge in [-0.2, -0.15) is 0 Å². The topological polar surface area (TPSA) is 54.0 Å². The third-order valence-electron chi connectivity index (χ3n) is 13.1. The van der Waals surface area contributed by atoms with Crippen molar-refractivity contribution in [1.82, 2.24) is 0 Å². The van der Waals surface area contributed by atoms with E-state index in [1.54, 1.807) is 14.2 Å². The van der Waals surface area contributed by atoms with Crippen LogP contribution in [0, 0.1) is 5.41 Å². The van der Waals surface area contributed by atoms with Crippen LogP contribution in [-0.4, -0.2) is 25.8 Å². The average Bonchev–Trinajstić information content (AvgIpc) is 3.52. The number of hydrogen-bond acceptors (Lipinski definition) is 5. The summed E-state index contributed by atoms with van der Waals surface area (Å²) in [5, 5.41) is 6.64. The van der Waals surface area contributed by atoms with E-state index in [2.05, 4.69) is 130 Å². The van der Waals surface area contributed by atoms with Gasteiger partial charge in [-0.05, 0) is 166 Å². The fourth-order valence-electron chi connectivity index (χ4n) is 8.61. The number of carbonyl (C=O) groups excluding carboxylic acids is 1. The maximum atomic E-state index is 13.2. The number of benzene rings is 7. The lowest BCUT2D eigenvalue weighted by atomic mass is 9.67. The average molecular weight is 757 g/mol. The SMILES string of the molecule is CCC(C)(CC)Oc1ccc2cc(C3(c4ccc5cc(OC(=O)C(C)(CC)CC)ccc5c4)c4cc(OC)c(OC)cc4-c4cc5ccccc5cc43)ccc2c1. The van der Waals surface area contributed by atoms with Crippen LogP contribution >= 0.6 is 0 Å². The predicted octanol–water partition coefficient (Wildman–Crippen LogP) is 13.2. The first kappa shape index (κ1) is 38.1. The maximum absolute atomic E-state index is 13.2. The van der Waals surface area contributed by atoms with E-state index in [0.29, 0.717) is 17.2 Å². The molecular weight excluding hydrogens is 705 g/mol. The van der Waals surface area contributed by atoms with Crippen LogP contribution in [0.2, 0.25) is 0 Å². The van der Waals surface area contributed by atoms with E-state index in [4.69, 9.17) is 18.9 Å². The highest BCUT2D eigenvalue weighted by atomic mass is 16.5. The molecule has 1 atom stereocenters.